The number of carbonyl (C=O) groups is 3. The van der Waals surface area contributed by atoms with Gasteiger partial charge in [0.2, 0.25) is 0 Å². The summed E-state index contributed by atoms with van der Waals surface area (Å²) in [5.74, 6) is -2.04. The van der Waals surface area contributed by atoms with Crippen LogP contribution in [0.4, 0.5) is 4.79 Å². The van der Waals surface area contributed by atoms with Gasteiger partial charge < -0.3 is 19.9 Å². The molecule has 0 fully saturated rings. The molecule has 110 valence electrons. The largest absolute Gasteiger partial charge is 0.479 e. The molecular weight excluding hydrogens is 254 g/mol. The van der Waals surface area contributed by atoms with Crippen molar-refractivity contribution in [3.8, 4) is 0 Å². The van der Waals surface area contributed by atoms with E-state index in [1.54, 1.807) is 27.7 Å². The number of hydrogen-bond donors (Lipinski definition) is 2. The van der Waals surface area contributed by atoms with Crippen molar-refractivity contribution in [2.45, 2.75) is 58.8 Å². The van der Waals surface area contributed by atoms with Crippen molar-refractivity contribution in [3.63, 3.8) is 0 Å². The Hall–Kier alpha value is -1.79. The van der Waals surface area contributed by atoms with Gasteiger partial charge in [-0.3, -0.25) is 0 Å². The molecular formula is C12H21NO6. The second-order valence-corrected chi connectivity index (χ2v) is 5.04. The molecule has 0 saturated carbocycles. The minimum atomic E-state index is -1.22. The molecule has 7 heteroatoms. The number of carbonyl (C=O) groups excluding carboxylic acids is 2. The summed E-state index contributed by atoms with van der Waals surface area (Å²) < 4.78 is 9.71. The molecule has 0 radical (unpaired) electrons. The zero-order chi connectivity index (χ0) is 15.2. The molecule has 2 N–H and O–H groups in total. The number of ether oxygens (including phenoxy) is 2. The standard InChI is InChI=1S/C12H21NO6/c1-6-8(9(14)15)18-10(16)7(2)13-11(17)19-12(3,4)5/h7-8H,6H2,1-5H3,(H,13,17)(H,14,15). The third kappa shape index (κ3) is 7.28. The highest BCUT2D eigenvalue weighted by Crippen LogP contribution is 2.07. The molecule has 0 rings (SSSR count). The third-order valence-electron chi connectivity index (χ3n) is 1.99. The van der Waals surface area contributed by atoms with Gasteiger partial charge in [-0.05, 0) is 34.1 Å². The van der Waals surface area contributed by atoms with Crippen molar-refractivity contribution in [1.82, 2.24) is 5.32 Å². The molecule has 19 heavy (non-hydrogen) atoms. The molecule has 0 aromatic heterocycles. The summed E-state index contributed by atoms with van der Waals surface area (Å²) in [5, 5.41) is 11.0. The first-order valence-electron chi connectivity index (χ1n) is 5.99. The van der Waals surface area contributed by atoms with Crippen LogP contribution >= 0.6 is 0 Å². The van der Waals surface area contributed by atoms with E-state index >= 15 is 0 Å². The van der Waals surface area contributed by atoms with Gasteiger partial charge in [-0.2, -0.15) is 0 Å². The first-order valence-corrected chi connectivity index (χ1v) is 5.99. The van der Waals surface area contributed by atoms with E-state index in [1.807, 2.05) is 0 Å². The van der Waals surface area contributed by atoms with Gasteiger partial charge >= 0.3 is 18.0 Å². The summed E-state index contributed by atoms with van der Waals surface area (Å²) in [7, 11) is 0. The quantitative estimate of drug-likeness (QED) is 0.733. The maximum absolute atomic E-state index is 11.6. The minimum Gasteiger partial charge on any atom is -0.479 e. The van der Waals surface area contributed by atoms with E-state index in [4.69, 9.17) is 14.6 Å². The lowest BCUT2D eigenvalue weighted by atomic mass is 10.2. The van der Waals surface area contributed by atoms with Gasteiger partial charge in [0.1, 0.15) is 11.6 Å². The molecule has 2 unspecified atom stereocenters. The Morgan fingerprint density at radius 1 is 1.26 bits per heavy atom. The van der Waals surface area contributed by atoms with Gasteiger partial charge in [0.25, 0.3) is 0 Å². The lowest BCUT2D eigenvalue weighted by molar-refractivity contribution is -0.165. The number of esters is 1. The van der Waals surface area contributed by atoms with E-state index in [0.29, 0.717) is 0 Å². The van der Waals surface area contributed by atoms with Crippen molar-refractivity contribution >= 4 is 18.0 Å². The van der Waals surface area contributed by atoms with Crippen molar-refractivity contribution in [3.05, 3.63) is 0 Å². The van der Waals surface area contributed by atoms with Crippen LogP contribution < -0.4 is 5.32 Å². The monoisotopic (exact) mass is 275 g/mol. The van der Waals surface area contributed by atoms with E-state index in [9.17, 15) is 14.4 Å². The molecule has 7 nitrogen and oxygen atoms in total. The second-order valence-electron chi connectivity index (χ2n) is 5.04. The molecule has 0 aliphatic rings. The molecule has 0 bridgehead atoms. The summed E-state index contributed by atoms with van der Waals surface area (Å²) in [6, 6.07) is -0.983. The maximum atomic E-state index is 11.6. The van der Waals surface area contributed by atoms with Crippen LogP contribution in [0.25, 0.3) is 0 Å². The number of rotatable bonds is 5. The van der Waals surface area contributed by atoms with Crippen LogP contribution in [0.2, 0.25) is 0 Å². The SMILES string of the molecule is CCC(OC(=O)C(C)NC(=O)OC(C)(C)C)C(=O)O. The van der Waals surface area contributed by atoms with Gasteiger partial charge in [-0.1, -0.05) is 6.92 Å². The number of alkyl carbamates (subject to hydrolysis) is 1. The molecule has 0 aliphatic carbocycles. The summed E-state index contributed by atoms with van der Waals surface area (Å²) in [6.07, 6.45) is -1.82. The summed E-state index contributed by atoms with van der Waals surface area (Å²) in [5.41, 5.74) is -0.680. The van der Waals surface area contributed by atoms with Gasteiger partial charge in [-0.25, -0.2) is 14.4 Å². The highest BCUT2D eigenvalue weighted by molar-refractivity contribution is 5.83. The molecule has 0 spiro atoms. The second kappa shape index (κ2) is 6.96. The van der Waals surface area contributed by atoms with Crippen LogP contribution in [0.3, 0.4) is 0 Å². The van der Waals surface area contributed by atoms with Crippen LogP contribution in [-0.2, 0) is 19.1 Å². The van der Waals surface area contributed by atoms with Crippen LogP contribution in [0.1, 0.15) is 41.0 Å². The van der Waals surface area contributed by atoms with Crippen molar-refractivity contribution in [2.75, 3.05) is 0 Å². The fourth-order valence-electron chi connectivity index (χ4n) is 1.09. The van der Waals surface area contributed by atoms with Gasteiger partial charge in [0.15, 0.2) is 6.10 Å². The zero-order valence-electron chi connectivity index (χ0n) is 11.9. The van der Waals surface area contributed by atoms with Gasteiger partial charge in [-0.15, -0.1) is 0 Å². The predicted octanol–water partition coefficient (Wildman–Crippen LogP) is 1.31. The fraction of sp³-hybridized carbons (Fsp3) is 0.750. The smallest absolute Gasteiger partial charge is 0.408 e. The Balaban J connectivity index is 4.35. The van der Waals surface area contributed by atoms with Gasteiger partial charge in [0, 0.05) is 0 Å². The van der Waals surface area contributed by atoms with Crippen LogP contribution in [0.5, 0.6) is 0 Å². The Morgan fingerprint density at radius 2 is 1.79 bits per heavy atom. The molecule has 0 heterocycles. The van der Waals surface area contributed by atoms with Crippen molar-refractivity contribution in [1.29, 1.82) is 0 Å². The predicted molar refractivity (Wildman–Crippen MR) is 66.6 cm³/mol. The fourth-order valence-corrected chi connectivity index (χ4v) is 1.09. The highest BCUT2D eigenvalue weighted by atomic mass is 16.6. The molecule has 2 atom stereocenters. The average Bonchev–Trinajstić information content (AvgIpc) is 2.21. The van der Waals surface area contributed by atoms with Crippen molar-refractivity contribution < 1.29 is 29.0 Å². The first-order chi connectivity index (χ1) is 8.56. The highest BCUT2D eigenvalue weighted by Gasteiger charge is 2.26. The van der Waals surface area contributed by atoms with E-state index in [0.717, 1.165) is 0 Å². The molecule has 0 aliphatic heterocycles. The molecule has 1 amide bonds. The van der Waals surface area contributed by atoms with Crippen molar-refractivity contribution in [2.24, 2.45) is 0 Å². The van der Waals surface area contributed by atoms with E-state index < -0.39 is 35.8 Å². The normalized spacial score (nSPS) is 14.2. The Kier molecular flexibility index (Phi) is 6.31. The molecule has 0 aromatic rings. The number of carboxylic acid groups (broad SMARTS) is 1. The Morgan fingerprint density at radius 3 is 2.16 bits per heavy atom. The minimum absolute atomic E-state index is 0.153. The third-order valence-corrected chi connectivity index (χ3v) is 1.99. The average molecular weight is 275 g/mol. The summed E-state index contributed by atoms with van der Waals surface area (Å²) >= 11 is 0. The Labute approximate surface area is 112 Å². The number of aliphatic carboxylic acids is 1. The number of amides is 1. The maximum Gasteiger partial charge on any atom is 0.408 e. The van der Waals surface area contributed by atoms with E-state index in [2.05, 4.69) is 5.32 Å². The number of nitrogens with one attached hydrogen (secondary N) is 1. The number of carboxylic acids is 1. The van der Waals surface area contributed by atoms with Crippen LogP contribution in [0, 0.1) is 0 Å². The lowest BCUT2D eigenvalue weighted by Crippen LogP contribution is -2.44. The van der Waals surface area contributed by atoms with Crippen LogP contribution in [-0.4, -0.2) is 40.9 Å². The molecule has 0 saturated heterocycles. The van der Waals surface area contributed by atoms with Crippen LogP contribution in [0.15, 0.2) is 0 Å². The number of hydrogen-bond acceptors (Lipinski definition) is 5. The first kappa shape index (κ1) is 17.2. The molecule has 0 aromatic carbocycles. The lowest BCUT2D eigenvalue weighted by Gasteiger charge is -2.22. The van der Waals surface area contributed by atoms with E-state index in [1.165, 1.54) is 6.92 Å². The summed E-state index contributed by atoms with van der Waals surface area (Å²) in [4.78, 5) is 33.7. The Bertz CT molecular complexity index is 347. The summed E-state index contributed by atoms with van der Waals surface area (Å²) in [6.45, 7) is 8.03. The van der Waals surface area contributed by atoms with Gasteiger partial charge in [0.05, 0.1) is 0 Å². The van der Waals surface area contributed by atoms with E-state index in [-0.39, 0.29) is 6.42 Å². The zero-order valence-corrected chi connectivity index (χ0v) is 11.9. The topological polar surface area (TPSA) is 102 Å².